The quantitative estimate of drug-likeness (QED) is 0.886. The Balaban J connectivity index is 2.29. The van der Waals surface area contributed by atoms with E-state index in [9.17, 15) is 12.8 Å². The van der Waals surface area contributed by atoms with Crippen molar-refractivity contribution in [1.29, 1.82) is 0 Å². The standard InChI is InChI=1S/C15H16FNO4S/c1-3-21-12-5-7-13(8-6-12)22(18,19)17-14-10-11(16)4-9-15(14)20-2/h4-10,17H,3H2,1-2H3. The SMILES string of the molecule is CCOc1ccc(S(=O)(=O)Nc2cc(F)ccc2OC)cc1. The normalized spacial score (nSPS) is 11.0. The van der Waals surface area contributed by atoms with E-state index in [1.54, 1.807) is 12.1 Å². The van der Waals surface area contributed by atoms with Crippen LogP contribution >= 0.6 is 0 Å². The number of hydrogen-bond donors (Lipinski definition) is 1. The molecule has 7 heteroatoms. The molecule has 0 aliphatic rings. The van der Waals surface area contributed by atoms with Crippen LogP contribution in [0.2, 0.25) is 0 Å². The molecule has 0 radical (unpaired) electrons. The minimum Gasteiger partial charge on any atom is -0.495 e. The molecule has 0 heterocycles. The van der Waals surface area contributed by atoms with Crippen molar-refractivity contribution in [2.24, 2.45) is 0 Å². The summed E-state index contributed by atoms with van der Waals surface area (Å²) in [6.45, 7) is 2.33. The van der Waals surface area contributed by atoms with E-state index in [-0.39, 0.29) is 16.3 Å². The first-order valence-corrected chi connectivity index (χ1v) is 8.04. The van der Waals surface area contributed by atoms with Crippen LogP contribution < -0.4 is 14.2 Å². The third-order valence-corrected chi connectivity index (χ3v) is 4.23. The number of ether oxygens (including phenoxy) is 2. The Hall–Kier alpha value is -2.28. The highest BCUT2D eigenvalue weighted by molar-refractivity contribution is 7.92. The molecular weight excluding hydrogens is 309 g/mol. The number of halogens is 1. The Labute approximate surface area is 128 Å². The Morgan fingerprint density at radius 1 is 1.14 bits per heavy atom. The van der Waals surface area contributed by atoms with E-state index in [1.165, 1.54) is 31.4 Å². The fraction of sp³-hybridized carbons (Fsp3) is 0.200. The van der Waals surface area contributed by atoms with Gasteiger partial charge in [0.2, 0.25) is 0 Å². The van der Waals surface area contributed by atoms with Gasteiger partial charge in [0.05, 0.1) is 24.3 Å². The minimum atomic E-state index is -3.85. The molecule has 0 saturated carbocycles. The number of hydrogen-bond acceptors (Lipinski definition) is 4. The summed E-state index contributed by atoms with van der Waals surface area (Å²) < 4.78 is 50.5. The minimum absolute atomic E-state index is 0.0383. The topological polar surface area (TPSA) is 64.6 Å². The number of benzene rings is 2. The summed E-state index contributed by atoms with van der Waals surface area (Å²) >= 11 is 0. The monoisotopic (exact) mass is 325 g/mol. The van der Waals surface area contributed by atoms with Gasteiger partial charge in [-0.1, -0.05) is 0 Å². The summed E-state index contributed by atoms with van der Waals surface area (Å²) in [6, 6.07) is 9.55. The Kier molecular flexibility index (Phi) is 4.87. The number of sulfonamides is 1. The summed E-state index contributed by atoms with van der Waals surface area (Å²) in [5.41, 5.74) is 0.0383. The lowest BCUT2D eigenvalue weighted by Gasteiger charge is -2.12. The van der Waals surface area contributed by atoms with Gasteiger partial charge < -0.3 is 9.47 Å². The number of nitrogens with one attached hydrogen (secondary N) is 1. The molecule has 0 amide bonds. The molecule has 118 valence electrons. The molecule has 2 aromatic rings. The molecule has 2 rings (SSSR count). The van der Waals surface area contributed by atoms with Crippen LogP contribution in [0.15, 0.2) is 47.4 Å². The van der Waals surface area contributed by atoms with Crippen LogP contribution in [0, 0.1) is 5.82 Å². The molecule has 0 unspecified atom stereocenters. The van der Waals surface area contributed by atoms with Gasteiger partial charge in [-0.2, -0.15) is 0 Å². The zero-order valence-corrected chi connectivity index (χ0v) is 13.0. The fourth-order valence-corrected chi connectivity index (χ4v) is 2.91. The second-order valence-corrected chi connectivity index (χ2v) is 6.04. The predicted octanol–water partition coefficient (Wildman–Crippen LogP) is 3.03. The largest absolute Gasteiger partial charge is 0.495 e. The molecule has 0 aliphatic carbocycles. The van der Waals surface area contributed by atoms with Crippen LogP contribution in [-0.4, -0.2) is 22.1 Å². The van der Waals surface area contributed by atoms with E-state index in [0.717, 1.165) is 6.07 Å². The molecule has 0 fully saturated rings. The molecule has 2 aromatic carbocycles. The Morgan fingerprint density at radius 2 is 1.82 bits per heavy atom. The lowest BCUT2D eigenvalue weighted by Crippen LogP contribution is -2.13. The molecule has 0 aromatic heterocycles. The molecule has 0 aliphatic heterocycles. The van der Waals surface area contributed by atoms with Crippen molar-refractivity contribution in [2.45, 2.75) is 11.8 Å². The van der Waals surface area contributed by atoms with E-state index >= 15 is 0 Å². The highest BCUT2D eigenvalue weighted by Gasteiger charge is 2.17. The van der Waals surface area contributed by atoms with Crippen LogP contribution in [0.5, 0.6) is 11.5 Å². The number of anilines is 1. The third kappa shape index (κ3) is 3.67. The van der Waals surface area contributed by atoms with Gasteiger partial charge in [-0.15, -0.1) is 0 Å². The Morgan fingerprint density at radius 3 is 2.41 bits per heavy atom. The van der Waals surface area contributed by atoms with Gasteiger partial charge in [-0.05, 0) is 43.3 Å². The Bertz CT molecular complexity index is 745. The lowest BCUT2D eigenvalue weighted by atomic mass is 10.3. The first-order chi connectivity index (χ1) is 10.5. The zero-order chi connectivity index (χ0) is 16.2. The van der Waals surface area contributed by atoms with E-state index in [4.69, 9.17) is 9.47 Å². The molecule has 0 atom stereocenters. The molecule has 1 N–H and O–H groups in total. The zero-order valence-electron chi connectivity index (χ0n) is 12.2. The lowest BCUT2D eigenvalue weighted by molar-refractivity contribution is 0.340. The van der Waals surface area contributed by atoms with Gasteiger partial charge in [0.25, 0.3) is 10.0 Å². The van der Waals surface area contributed by atoms with E-state index in [2.05, 4.69) is 4.72 Å². The molecule has 0 saturated heterocycles. The van der Waals surface area contributed by atoms with Gasteiger partial charge in [0, 0.05) is 6.07 Å². The van der Waals surface area contributed by atoms with Gasteiger partial charge >= 0.3 is 0 Å². The molecule has 0 spiro atoms. The van der Waals surface area contributed by atoms with E-state index in [1.807, 2.05) is 6.92 Å². The van der Waals surface area contributed by atoms with Crippen molar-refractivity contribution in [3.8, 4) is 11.5 Å². The van der Waals surface area contributed by atoms with Crippen molar-refractivity contribution in [1.82, 2.24) is 0 Å². The van der Waals surface area contributed by atoms with Crippen LogP contribution in [0.25, 0.3) is 0 Å². The number of rotatable bonds is 6. The van der Waals surface area contributed by atoms with Crippen LogP contribution in [-0.2, 0) is 10.0 Å². The van der Waals surface area contributed by atoms with E-state index in [0.29, 0.717) is 12.4 Å². The van der Waals surface area contributed by atoms with Crippen LogP contribution in [0.3, 0.4) is 0 Å². The van der Waals surface area contributed by atoms with Crippen molar-refractivity contribution in [3.63, 3.8) is 0 Å². The number of methoxy groups -OCH3 is 1. The average Bonchev–Trinajstić information content (AvgIpc) is 2.48. The van der Waals surface area contributed by atoms with Gasteiger partial charge in [0.1, 0.15) is 17.3 Å². The maximum atomic E-state index is 13.3. The smallest absolute Gasteiger partial charge is 0.262 e. The summed E-state index contributed by atoms with van der Waals surface area (Å²) in [6.07, 6.45) is 0. The van der Waals surface area contributed by atoms with Gasteiger partial charge in [0.15, 0.2) is 0 Å². The second kappa shape index (κ2) is 6.65. The first-order valence-electron chi connectivity index (χ1n) is 6.55. The summed E-state index contributed by atoms with van der Waals surface area (Å²) in [4.78, 5) is 0.0438. The van der Waals surface area contributed by atoms with Crippen molar-refractivity contribution >= 4 is 15.7 Å². The predicted molar refractivity (Wildman–Crippen MR) is 81.4 cm³/mol. The second-order valence-electron chi connectivity index (χ2n) is 4.35. The molecular formula is C15H16FNO4S. The highest BCUT2D eigenvalue weighted by atomic mass is 32.2. The van der Waals surface area contributed by atoms with Crippen LogP contribution in [0.1, 0.15) is 6.92 Å². The van der Waals surface area contributed by atoms with Gasteiger partial charge in [-0.25, -0.2) is 12.8 Å². The maximum absolute atomic E-state index is 13.3. The van der Waals surface area contributed by atoms with Gasteiger partial charge in [-0.3, -0.25) is 4.72 Å². The van der Waals surface area contributed by atoms with Crippen molar-refractivity contribution in [3.05, 3.63) is 48.3 Å². The van der Waals surface area contributed by atoms with Crippen molar-refractivity contribution < 1.29 is 22.3 Å². The first kappa shape index (κ1) is 16.1. The molecule has 0 bridgehead atoms. The summed E-state index contributed by atoms with van der Waals surface area (Å²) in [7, 11) is -2.47. The highest BCUT2D eigenvalue weighted by Crippen LogP contribution is 2.28. The fourth-order valence-electron chi connectivity index (χ4n) is 1.85. The van der Waals surface area contributed by atoms with E-state index < -0.39 is 15.8 Å². The summed E-state index contributed by atoms with van der Waals surface area (Å²) in [5.74, 6) is 0.242. The molecule has 5 nitrogen and oxygen atoms in total. The maximum Gasteiger partial charge on any atom is 0.262 e. The average molecular weight is 325 g/mol. The van der Waals surface area contributed by atoms with Crippen LogP contribution in [0.4, 0.5) is 10.1 Å². The third-order valence-electron chi connectivity index (χ3n) is 2.85. The summed E-state index contributed by atoms with van der Waals surface area (Å²) in [5, 5.41) is 0. The molecule has 22 heavy (non-hydrogen) atoms. The van der Waals surface area contributed by atoms with Crippen molar-refractivity contribution in [2.75, 3.05) is 18.4 Å².